The predicted molar refractivity (Wildman–Crippen MR) is 55.6 cm³/mol. The molecule has 0 saturated heterocycles. The molecule has 1 rings (SSSR count). The maximum Gasteiger partial charge on any atom is 0.338 e. The molecule has 0 bridgehead atoms. The standard InChI is InChI=1S/C8H12N2O4S/c1-10(2)8-9-6(14-3)5(15-8)4(11)7(12)13/h4,11H,1-3H3,(H,12,13). The number of anilines is 1. The van der Waals surface area contributed by atoms with Gasteiger partial charge in [-0.05, 0) is 0 Å². The van der Waals surface area contributed by atoms with Crippen LogP contribution in [0.5, 0.6) is 5.88 Å². The molecule has 0 saturated carbocycles. The molecule has 0 spiro atoms. The Kier molecular flexibility index (Phi) is 3.48. The van der Waals surface area contributed by atoms with Gasteiger partial charge >= 0.3 is 5.97 Å². The van der Waals surface area contributed by atoms with Gasteiger partial charge in [0.05, 0.1) is 7.11 Å². The van der Waals surface area contributed by atoms with Crippen molar-refractivity contribution < 1.29 is 19.7 Å². The molecular weight excluding hydrogens is 220 g/mol. The summed E-state index contributed by atoms with van der Waals surface area (Å²) in [6.07, 6.45) is -1.59. The number of ether oxygens (including phenoxy) is 1. The van der Waals surface area contributed by atoms with Crippen molar-refractivity contribution in [2.24, 2.45) is 0 Å². The number of rotatable bonds is 4. The number of nitrogens with zero attached hydrogens (tertiary/aromatic N) is 2. The molecule has 7 heteroatoms. The third-order valence-electron chi connectivity index (χ3n) is 1.67. The van der Waals surface area contributed by atoms with Crippen molar-refractivity contribution in [2.75, 3.05) is 26.1 Å². The molecule has 1 unspecified atom stereocenters. The Hall–Kier alpha value is -1.34. The summed E-state index contributed by atoms with van der Waals surface area (Å²) in [5, 5.41) is 18.6. The summed E-state index contributed by atoms with van der Waals surface area (Å²) in [7, 11) is 4.93. The molecule has 0 aromatic carbocycles. The molecule has 1 aromatic rings. The summed E-state index contributed by atoms with van der Waals surface area (Å²) in [5.41, 5.74) is 0. The lowest BCUT2D eigenvalue weighted by atomic mass is 10.3. The van der Waals surface area contributed by atoms with Crippen LogP contribution >= 0.6 is 11.3 Å². The van der Waals surface area contributed by atoms with E-state index in [0.29, 0.717) is 5.13 Å². The first-order valence-corrected chi connectivity index (χ1v) is 4.92. The van der Waals surface area contributed by atoms with E-state index in [9.17, 15) is 9.90 Å². The molecule has 1 atom stereocenters. The highest BCUT2D eigenvalue weighted by molar-refractivity contribution is 7.16. The van der Waals surface area contributed by atoms with Crippen LogP contribution in [0.4, 0.5) is 5.13 Å². The minimum absolute atomic E-state index is 0.151. The van der Waals surface area contributed by atoms with Crippen LogP contribution in [0.1, 0.15) is 11.0 Å². The van der Waals surface area contributed by atoms with Crippen LogP contribution < -0.4 is 9.64 Å². The molecule has 0 aliphatic heterocycles. The lowest BCUT2D eigenvalue weighted by molar-refractivity contribution is -0.146. The van der Waals surface area contributed by atoms with Crippen molar-refractivity contribution in [3.8, 4) is 5.88 Å². The van der Waals surface area contributed by atoms with Crippen molar-refractivity contribution in [1.29, 1.82) is 0 Å². The number of hydrogen-bond donors (Lipinski definition) is 2. The Morgan fingerprint density at radius 2 is 2.20 bits per heavy atom. The van der Waals surface area contributed by atoms with Crippen LogP contribution in [0.2, 0.25) is 0 Å². The number of aliphatic hydroxyl groups is 1. The van der Waals surface area contributed by atoms with Crippen LogP contribution in [-0.4, -0.2) is 42.4 Å². The van der Waals surface area contributed by atoms with Gasteiger partial charge in [0, 0.05) is 14.1 Å². The topological polar surface area (TPSA) is 82.9 Å². The molecule has 0 amide bonds. The zero-order valence-corrected chi connectivity index (χ0v) is 9.41. The van der Waals surface area contributed by atoms with E-state index >= 15 is 0 Å². The van der Waals surface area contributed by atoms with E-state index in [1.54, 1.807) is 19.0 Å². The Balaban J connectivity index is 3.10. The first-order chi connectivity index (χ1) is 6.97. The normalized spacial score (nSPS) is 12.3. The fourth-order valence-corrected chi connectivity index (χ4v) is 1.87. The third kappa shape index (κ3) is 2.37. The summed E-state index contributed by atoms with van der Waals surface area (Å²) in [6, 6.07) is 0. The molecule has 84 valence electrons. The average Bonchev–Trinajstić information content (AvgIpc) is 2.59. The van der Waals surface area contributed by atoms with Gasteiger partial charge in [0.2, 0.25) is 5.88 Å². The van der Waals surface area contributed by atoms with Crippen molar-refractivity contribution in [3.63, 3.8) is 0 Å². The Morgan fingerprint density at radius 3 is 2.60 bits per heavy atom. The minimum Gasteiger partial charge on any atom is -0.480 e. The molecule has 0 fully saturated rings. The lowest BCUT2D eigenvalue weighted by Gasteiger charge is -2.05. The van der Waals surface area contributed by atoms with Crippen molar-refractivity contribution in [2.45, 2.75) is 6.10 Å². The monoisotopic (exact) mass is 232 g/mol. The van der Waals surface area contributed by atoms with E-state index in [2.05, 4.69) is 4.98 Å². The fraction of sp³-hybridized carbons (Fsp3) is 0.500. The van der Waals surface area contributed by atoms with E-state index in [4.69, 9.17) is 9.84 Å². The van der Waals surface area contributed by atoms with Crippen LogP contribution in [0.15, 0.2) is 0 Å². The van der Waals surface area contributed by atoms with Gasteiger partial charge in [-0.3, -0.25) is 0 Å². The highest BCUT2D eigenvalue weighted by Crippen LogP contribution is 2.35. The summed E-state index contributed by atoms with van der Waals surface area (Å²) in [5.74, 6) is -1.17. The highest BCUT2D eigenvalue weighted by atomic mass is 32.1. The largest absolute Gasteiger partial charge is 0.480 e. The number of carboxylic acids is 1. The fourth-order valence-electron chi connectivity index (χ4n) is 0.929. The van der Waals surface area contributed by atoms with Gasteiger partial charge in [0.25, 0.3) is 0 Å². The first-order valence-electron chi connectivity index (χ1n) is 4.10. The molecule has 1 heterocycles. The van der Waals surface area contributed by atoms with Gasteiger partial charge in [-0.15, -0.1) is 0 Å². The third-order valence-corrected chi connectivity index (χ3v) is 2.92. The van der Waals surface area contributed by atoms with Gasteiger partial charge in [0.1, 0.15) is 4.88 Å². The molecule has 0 radical (unpaired) electrons. The molecule has 15 heavy (non-hydrogen) atoms. The SMILES string of the molecule is COc1nc(N(C)C)sc1C(O)C(=O)O. The maximum absolute atomic E-state index is 10.6. The molecular formula is C8H12N2O4S. The number of methoxy groups -OCH3 is 1. The Morgan fingerprint density at radius 1 is 1.60 bits per heavy atom. The van der Waals surface area contributed by atoms with Crippen LogP contribution in [0.3, 0.4) is 0 Å². The number of aromatic nitrogens is 1. The van der Waals surface area contributed by atoms with Crippen molar-refractivity contribution in [1.82, 2.24) is 4.98 Å². The second-order valence-corrected chi connectivity index (χ2v) is 4.01. The van der Waals surface area contributed by atoms with Crippen LogP contribution in [0.25, 0.3) is 0 Å². The predicted octanol–water partition coefficient (Wildman–Crippen LogP) is 0.336. The van der Waals surface area contributed by atoms with Gasteiger partial charge in [0.15, 0.2) is 11.2 Å². The molecule has 6 nitrogen and oxygen atoms in total. The van der Waals surface area contributed by atoms with Crippen LogP contribution in [0, 0.1) is 0 Å². The molecule has 0 aliphatic rings. The van der Waals surface area contributed by atoms with Gasteiger partial charge in [-0.1, -0.05) is 11.3 Å². The zero-order valence-electron chi connectivity index (χ0n) is 8.59. The number of carbonyl (C=O) groups is 1. The quantitative estimate of drug-likeness (QED) is 0.778. The summed E-state index contributed by atoms with van der Waals surface area (Å²) in [4.78, 5) is 16.6. The van der Waals surface area contributed by atoms with E-state index in [1.807, 2.05) is 0 Å². The van der Waals surface area contributed by atoms with E-state index in [0.717, 1.165) is 11.3 Å². The van der Waals surface area contributed by atoms with E-state index in [1.165, 1.54) is 7.11 Å². The number of thiazole rings is 1. The zero-order chi connectivity index (χ0) is 11.6. The number of aliphatic hydroxyl groups excluding tert-OH is 1. The average molecular weight is 232 g/mol. The summed E-state index contributed by atoms with van der Waals surface area (Å²) >= 11 is 1.09. The molecule has 0 aliphatic carbocycles. The van der Waals surface area contributed by atoms with Gasteiger partial charge in [-0.2, -0.15) is 4.98 Å². The Labute approximate surface area is 90.7 Å². The minimum atomic E-state index is -1.59. The smallest absolute Gasteiger partial charge is 0.338 e. The molecule has 2 N–H and O–H groups in total. The van der Waals surface area contributed by atoms with E-state index < -0.39 is 12.1 Å². The van der Waals surface area contributed by atoms with Crippen molar-refractivity contribution >= 4 is 22.4 Å². The maximum atomic E-state index is 10.6. The second kappa shape index (κ2) is 4.45. The van der Waals surface area contributed by atoms with E-state index in [-0.39, 0.29) is 10.8 Å². The van der Waals surface area contributed by atoms with Gasteiger partial charge < -0.3 is 19.8 Å². The van der Waals surface area contributed by atoms with Gasteiger partial charge in [-0.25, -0.2) is 4.79 Å². The van der Waals surface area contributed by atoms with Crippen molar-refractivity contribution in [3.05, 3.63) is 4.88 Å². The first kappa shape index (κ1) is 11.7. The lowest BCUT2D eigenvalue weighted by Crippen LogP contribution is -2.09. The molecule has 1 aromatic heterocycles. The van der Waals surface area contributed by atoms with Crippen LogP contribution in [-0.2, 0) is 4.79 Å². The number of carboxylic acid groups (broad SMARTS) is 1. The number of aliphatic carboxylic acids is 1. The second-order valence-electron chi connectivity index (χ2n) is 3.01. The summed E-state index contributed by atoms with van der Waals surface area (Å²) < 4.78 is 4.90. The highest BCUT2D eigenvalue weighted by Gasteiger charge is 2.25. The number of hydrogen-bond acceptors (Lipinski definition) is 6. The summed E-state index contributed by atoms with van der Waals surface area (Å²) in [6.45, 7) is 0. The Bertz CT molecular complexity index is 364.